The van der Waals surface area contributed by atoms with Crippen molar-refractivity contribution in [3.63, 3.8) is 0 Å². The molecule has 0 bridgehead atoms. The fourth-order valence-electron chi connectivity index (χ4n) is 5.29. The predicted molar refractivity (Wildman–Crippen MR) is 138 cm³/mol. The Morgan fingerprint density at radius 1 is 0.824 bits per heavy atom. The van der Waals surface area contributed by atoms with Gasteiger partial charge in [0.2, 0.25) is 5.91 Å². The zero-order valence-corrected chi connectivity index (χ0v) is 19.6. The van der Waals surface area contributed by atoms with Crippen molar-refractivity contribution in [2.75, 3.05) is 5.32 Å². The van der Waals surface area contributed by atoms with Crippen LogP contribution in [0.5, 0.6) is 5.75 Å². The molecule has 2 unspecified atom stereocenters. The van der Waals surface area contributed by atoms with E-state index < -0.39 is 0 Å². The zero-order valence-electron chi connectivity index (χ0n) is 19.6. The Labute approximate surface area is 201 Å². The van der Waals surface area contributed by atoms with Gasteiger partial charge in [-0.05, 0) is 83.3 Å². The van der Waals surface area contributed by atoms with Gasteiger partial charge in [-0.15, -0.1) is 0 Å². The van der Waals surface area contributed by atoms with E-state index in [4.69, 9.17) is 0 Å². The van der Waals surface area contributed by atoms with Crippen LogP contribution in [0.2, 0.25) is 0 Å². The lowest BCUT2D eigenvalue weighted by atomic mass is 9.79. The van der Waals surface area contributed by atoms with E-state index >= 15 is 0 Å². The summed E-state index contributed by atoms with van der Waals surface area (Å²) >= 11 is 0. The number of phenols is 1. The molecule has 1 aliphatic rings. The summed E-state index contributed by atoms with van der Waals surface area (Å²) in [6, 6.07) is 30.7. The summed E-state index contributed by atoms with van der Waals surface area (Å²) < 4.78 is 0. The summed E-state index contributed by atoms with van der Waals surface area (Å²) in [5.74, 6) is 0.866. The van der Waals surface area contributed by atoms with E-state index in [1.54, 1.807) is 0 Å². The molecule has 170 valence electrons. The van der Waals surface area contributed by atoms with Gasteiger partial charge in [0.05, 0.1) is 6.42 Å². The van der Waals surface area contributed by atoms with Gasteiger partial charge in [0.15, 0.2) is 0 Å². The second-order valence-electron chi connectivity index (χ2n) is 9.24. The topological polar surface area (TPSA) is 49.3 Å². The molecule has 0 spiro atoms. The molecule has 2 N–H and O–H groups in total. The van der Waals surface area contributed by atoms with E-state index in [0.717, 1.165) is 28.8 Å². The summed E-state index contributed by atoms with van der Waals surface area (Å²) in [7, 11) is 0. The van der Waals surface area contributed by atoms with Crippen molar-refractivity contribution >= 4 is 11.6 Å². The Hall–Kier alpha value is -3.85. The number of aromatic hydroxyl groups is 1. The number of hydrogen-bond donors (Lipinski definition) is 2. The number of amides is 1. The highest BCUT2D eigenvalue weighted by Crippen LogP contribution is 2.49. The highest BCUT2D eigenvalue weighted by Gasteiger charge is 2.35. The van der Waals surface area contributed by atoms with Crippen LogP contribution in [0.3, 0.4) is 0 Å². The molecule has 3 nitrogen and oxygen atoms in total. The van der Waals surface area contributed by atoms with Crippen LogP contribution < -0.4 is 5.32 Å². The maximum atomic E-state index is 12.5. The standard InChI is InChI=1S/C31H29NO2/c1-20-21(2)29(33)17-16-26(20)28-19-24-10-6-7-11-27(24)31(28)23-12-14-25(15-13-23)32-30(34)18-22-8-4-3-5-9-22/h3-17,28,31,33H,18-19H2,1-2H3,(H,32,34). The van der Waals surface area contributed by atoms with E-state index in [9.17, 15) is 9.90 Å². The van der Waals surface area contributed by atoms with Gasteiger partial charge in [-0.1, -0.05) is 72.8 Å². The maximum absolute atomic E-state index is 12.5. The summed E-state index contributed by atoms with van der Waals surface area (Å²) in [5, 5.41) is 13.2. The normalized spacial score (nSPS) is 16.8. The molecule has 0 saturated heterocycles. The molecule has 4 aromatic rings. The number of nitrogens with one attached hydrogen (secondary N) is 1. The van der Waals surface area contributed by atoms with Crippen molar-refractivity contribution in [1.82, 2.24) is 0 Å². The molecule has 2 atom stereocenters. The molecule has 0 aromatic heterocycles. The molecule has 4 aromatic carbocycles. The number of hydrogen-bond acceptors (Lipinski definition) is 2. The van der Waals surface area contributed by atoms with Gasteiger partial charge in [-0.3, -0.25) is 4.79 Å². The molecule has 0 saturated carbocycles. The van der Waals surface area contributed by atoms with E-state index in [0.29, 0.717) is 18.1 Å². The number of fused-ring (bicyclic) bond motifs is 1. The first-order valence-electron chi connectivity index (χ1n) is 11.8. The van der Waals surface area contributed by atoms with Crippen molar-refractivity contribution < 1.29 is 9.90 Å². The number of anilines is 1. The fourth-order valence-corrected chi connectivity index (χ4v) is 5.29. The van der Waals surface area contributed by atoms with Crippen molar-refractivity contribution in [3.8, 4) is 5.75 Å². The molecule has 1 aliphatic carbocycles. The third kappa shape index (κ3) is 4.22. The summed E-state index contributed by atoms with van der Waals surface area (Å²) in [5.41, 5.74) is 9.18. The van der Waals surface area contributed by atoms with Crippen LogP contribution in [-0.2, 0) is 17.6 Å². The lowest BCUT2D eigenvalue weighted by molar-refractivity contribution is -0.115. The molecule has 0 aliphatic heterocycles. The van der Waals surface area contributed by atoms with Crippen molar-refractivity contribution in [3.05, 3.63) is 130 Å². The Balaban J connectivity index is 1.42. The first kappa shape index (κ1) is 22.0. The predicted octanol–water partition coefficient (Wildman–Crippen LogP) is 6.66. The first-order chi connectivity index (χ1) is 16.5. The second-order valence-corrected chi connectivity index (χ2v) is 9.24. The average Bonchev–Trinajstić information content (AvgIpc) is 3.23. The molecule has 0 fully saturated rings. The smallest absolute Gasteiger partial charge is 0.228 e. The monoisotopic (exact) mass is 447 g/mol. The summed E-state index contributed by atoms with van der Waals surface area (Å²) in [6.07, 6.45) is 1.33. The number of phenolic OH excluding ortho intramolecular Hbond substituents is 1. The van der Waals surface area contributed by atoms with Gasteiger partial charge < -0.3 is 10.4 Å². The Kier molecular flexibility index (Phi) is 5.93. The lowest BCUT2D eigenvalue weighted by Crippen LogP contribution is -2.14. The van der Waals surface area contributed by atoms with Crippen molar-refractivity contribution in [1.29, 1.82) is 0 Å². The van der Waals surface area contributed by atoms with E-state index in [-0.39, 0.29) is 11.8 Å². The Bertz CT molecular complexity index is 1330. The van der Waals surface area contributed by atoms with Crippen LogP contribution in [-0.4, -0.2) is 11.0 Å². The molecule has 34 heavy (non-hydrogen) atoms. The van der Waals surface area contributed by atoms with E-state index in [1.807, 2.05) is 55.5 Å². The molecular formula is C31H29NO2. The number of rotatable bonds is 5. The number of benzene rings is 4. The summed E-state index contributed by atoms with van der Waals surface area (Å²) in [6.45, 7) is 4.09. The van der Waals surface area contributed by atoms with Gasteiger partial charge in [0.1, 0.15) is 5.75 Å². The van der Waals surface area contributed by atoms with Gasteiger partial charge in [0.25, 0.3) is 0 Å². The third-order valence-electron chi connectivity index (χ3n) is 7.19. The summed E-state index contributed by atoms with van der Waals surface area (Å²) in [4.78, 5) is 12.5. The van der Waals surface area contributed by atoms with Crippen LogP contribution in [0.15, 0.2) is 91.0 Å². The minimum absolute atomic E-state index is 0.0155. The number of carbonyl (C=O) groups excluding carboxylic acids is 1. The van der Waals surface area contributed by atoms with Gasteiger partial charge >= 0.3 is 0 Å². The van der Waals surface area contributed by atoms with Crippen molar-refractivity contribution in [2.24, 2.45) is 0 Å². The zero-order chi connectivity index (χ0) is 23.7. The number of carbonyl (C=O) groups is 1. The lowest BCUT2D eigenvalue weighted by Gasteiger charge is -2.24. The average molecular weight is 448 g/mol. The first-order valence-corrected chi connectivity index (χ1v) is 11.8. The molecular weight excluding hydrogens is 418 g/mol. The highest BCUT2D eigenvalue weighted by molar-refractivity contribution is 5.92. The van der Waals surface area contributed by atoms with E-state index in [2.05, 4.69) is 54.7 Å². The molecule has 0 radical (unpaired) electrons. The van der Waals surface area contributed by atoms with Gasteiger partial charge in [-0.25, -0.2) is 0 Å². The SMILES string of the molecule is Cc1c(O)ccc(C2Cc3ccccc3C2c2ccc(NC(=O)Cc3ccccc3)cc2)c1C. The third-order valence-corrected chi connectivity index (χ3v) is 7.19. The second kappa shape index (κ2) is 9.18. The maximum Gasteiger partial charge on any atom is 0.228 e. The fraction of sp³-hybridized carbons (Fsp3) is 0.194. The Morgan fingerprint density at radius 3 is 2.29 bits per heavy atom. The largest absolute Gasteiger partial charge is 0.508 e. The molecule has 3 heteroatoms. The highest BCUT2D eigenvalue weighted by atomic mass is 16.3. The minimum atomic E-state index is -0.0155. The van der Waals surface area contributed by atoms with Crippen LogP contribution in [0, 0.1) is 13.8 Å². The van der Waals surface area contributed by atoms with Crippen molar-refractivity contribution in [2.45, 2.75) is 38.5 Å². The van der Waals surface area contributed by atoms with Crippen LogP contribution in [0.1, 0.15) is 50.8 Å². The van der Waals surface area contributed by atoms with Gasteiger partial charge in [0, 0.05) is 11.6 Å². The van der Waals surface area contributed by atoms with Crippen LogP contribution in [0.25, 0.3) is 0 Å². The molecule has 5 rings (SSSR count). The quantitative estimate of drug-likeness (QED) is 0.359. The molecule has 0 heterocycles. The van der Waals surface area contributed by atoms with E-state index in [1.165, 1.54) is 22.3 Å². The minimum Gasteiger partial charge on any atom is -0.508 e. The Morgan fingerprint density at radius 2 is 1.53 bits per heavy atom. The van der Waals surface area contributed by atoms with Crippen LogP contribution in [0.4, 0.5) is 5.69 Å². The molecule has 1 amide bonds. The van der Waals surface area contributed by atoms with Crippen LogP contribution >= 0.6 is 0 Å². The van der Waals surface area contributed by atoms with Gasteiger partial charge in [-0.2, -0.15) is 0 Å².